The number of primary amides is 1. The van der Waals surface area contributed by atoms with Crippen molar-refractivity contribution in [2.45, 2.75) is 12.8 Å². The molecule has 1 unspecified atom stereocenters. The van der Waals surface area contributed by atoms with Gasteiger partial charge in [-0.1, -0.05) is 24.3 Å². The van der Waals surface area contributed by atoms with E-state index < -0.39 is 0 Å². The molecule has 4 nitrogen and oxygen atoms in total. The molecule has 0 aliphatic rings. The Bertz CT molecular complexity index is 698. The number of nitrogens with two attached hydrogens (primary N) is 1. The summed E-state index contributed by atoms with van der Waals surface area (Å²) in [4.78, 5) is 16.7. The number of thiazole rings is 1. The average Bonchev–Trinajstić information content (AvgIpc) is 2.98. The molecular weight excluding hydrogens is 258 g/mol. The summed E-state index contributed by atoms with van der Waals surface area (Å²) in [6.07, 6.45) is 3.98. The molecule has 0 radical (unpaired) electrons. The topological polar surface area (TPSA) is 60.4 Å². The molecular formula is C14H13N3OS. The summed E-state index contributed by atoms with van der Waals surface area (Å²) in [7, 11) is 0. The van der Waals surface area contributed by atoms with Crippen molar-refractivity contribution in [2.24, 2.45) is 5.73 Å². The van der Waals surface area contributed by atoms with Crippen LogP contribution in [0.3, 0.4) is 0 Å². The highest BCUT2D eigenvalue weighted by Crippen LogP contribution is 2.23. The molecule has 2 N–H and O–H groups in total. The molecule has 3 rings (SSSR count). The lowest BCUT2D eigenvalue weighted by atomic mass is 9.99. The van der Waals surface area contributed by atoms with Crippen molar-refractivity contribution in [2.75, 3.05) is 0 Å². The first-order chi connectivity index (χ1) is 9.15. The first-order valence-electron chi connectivity index (χ1n) is 5.97. The molecule has 0 saturated heterocycles. The van der Waals surface area contributed by atoms with E-state index in [1.165, 1.54) is 0 Å². The summed E-state index contributed by atoms with van der Waals surface area (Å²) in [5.41, 5.74) is 8.20. The minimum atomic E-state index is -0.310. The second-order valence-corrected chi connectivity index (χ2v) is 5.34. The van der Waals surface area contributed by atoms with Gasteiger partial charge >= 0.3 is 0 Å². The third-order valence-electron chi connectivity index (χ3n) is 3.23. The Hall–Kier alpha value is -2.14. The zero-order valence-corrected chi connectivity index (χ0v) is 11.2. The fourth-order valence-electron chi connectivity index (χ4n) is 1.97. The van der Waals surface area contributed by atoms with Crippen LogP contribution < -0.4 is 5.73 Å². The van der Waals surface area contributed by atoms with Crippen LogP contribution in [0.15, 0.2) is 42.0 Å². The lowest BCUT2D eigenvalue weighted by Gasteiger charge is -2.07. The van der Waals surface area contributed by atoms with Crippen LogP contribution in [0.1, 0.15) is 18.4 Å². The summed E-state index contributed by atoms with van der Waals surface area (Å²) in [6, 6.07) is 7.80. The standard InChI is InChI=1S/C14H13N3OS/c1-9(13(15)18)10-2-4-11(5-3-10)12-8-17-6-7-19-14(17)16-12/h2-9H,1H3,(H2,15,18). The molecule has 0 aliphatic heterocycles. The van der Waals surface area contributed by atoms with Gasteiger partial charge in [0, 0.05) is 23.3 Å². The minimum absolute atomic E-state index is 0.264. The van der Waals surface area contributed by atoms with Gasteiger partial charge in [-0.3, -0.25) is 9.20 Å². The van der Waals surface area contributed by atoms with Gasteiger partial charge in [-0.05, 0) is 12.5 Å². The number of amides is 1. The SMILES string of the molecule is CC(C(N)=O)c1ccc(-c2cn3ccsc3n2)cc1. The first kappa shape index (κ1) is 11.9. The molecule has 19 heavy (non-hydrogen) atoms. The highest BCUT2D eigenvalue weighted by Gasteiger charge is 2.12. The van der Waals surface area contributed by atoms with Gasteiger partial charge in [0.1, 0.15) is 0 Å². The van der Waals surface area contributed by atoms with Crippen molar-refractivity contribution >= 4 is 22.2 Å². The van der Waals surface area contributed by atoms with Crippen LogP contribution in [-0.2, 0) is 4.79 Å². The number of carbonyl (C=O) groups is 1. The summed E-state index contributed by atoms with van der Waals surface area (Å²) >= 11 is 1.61. The second kappa shape index (κ2) is 4.51. The molecule has 0 bridgehead atoms. The van der Waals surface area contributed by atoms with Crippen LogP contribution in [0.4, 0.5) is 0 Å². The number of fused-ring (bicyclic) bond motifs is 1. The monoisotopic (exact) mass is 271 g/mol. The van der Waals surface area contributed by atoms with Gasteiger partial charge in [0.2, 0.25) is 5.91 Å². The number of carbonyl (C=O) groups excluding carboxylic acids is 1. The van der Waals surface area contributed by atoms with Crippen molar-refractivity contribution in [1.82, 2.24) is 9.38 Å². The van der Waals surface area contributed by atoms with E-state index in [0.717, 1.165) is 21.8 Å². The molecule has 0 fully saturated rings. The molecule has 2 heterocycles. The van der Waals surface area contributed by atoms with Gasteiger partial charge in [-0.2, -0.15) is 0 Å². The van der Waals surface area contributed by atoms with Crippen LogP contribution in [0.25, 0.3) is 16.2 Å². The van der Waals surface area contributed by atoms with Crippen LogP contribution in [-0.4, -0.2) is 15.3 Å². The average molecular weight is 271 g/mol. The first-order valence-corrected chi connectivity index (χ1v) is 6.85. The van der Waals surface area contributed by atoms with Crippen LogP contribution >= 0.6 is 11.3 Å². The smallest absolute Gasteiger partial charge is 0.224 e. The van der Waals surface area contributed by atoms with Gasteiger partial charge in [0.05, 0.1) is 11.6 Å². The fraction of sp³-hybridized carbons (Fsp3) is 0.143. The van der Waals surface area contributed by atoms with E-state index >= 15 is 0 Å². The third-order valence-corrected chi connectivity index (χ3v) is 4.00. The van der Waals surface area contributed by atoms with Gasteiger partial charge in [0.25, 0.3) is 0 Å². The van der Waals surface area contributed by atoms with Gasteiger partial charge in [-0.25, -0.2) is 4.98 Å². The van der Waals surface area contributed by atoms with E-state index in [2.05, 4.69) is 4.98 Å². The molecule has 0 spiro atoms. The summed E-state index contributed by atoms with van der Waals surface area (Å²) in [5.74, 6) is -0.574. The Kier molecular flexibility index (Phi) is 2.83. The molecule has 5 heteroatoms. The van der Waals surface area contributed by atoms with Crippen molar-refractivity contribution in [1.29, 1.82) is 0 Å². The number of benzene rings is 1. The lowest BCUT2D eigenvalue weighted by molar-refractivity contribution is -0.119. The predicted molar refractivity (Wildman–Crippen MR) is 76.1 cm³/mol. The lowest BCUT2D eigenvalue weighted by Crippen LogP contribution is -2.18. The Morgan fingerprint density at radius 3 is 2.74 bits per heavy atom. The maximum atomic E-state index is 11.1. The van der Waals surface area contributed by atoms with Gasteiger partial charge < -0.3 is 5.73 Å². The predicted octanol–water partition coefficient (Wildman–Crippen LogP) is 2.65. The quantitative estimate of drug-likeness (QED) is 0.796. The zero-order valence-electron chi connectivity index (χ0n) is 10.4. The Labute approximate surface area is 114 Å². The molecule has 1 aromatic carbocycles. The van der Waals surface area contributed by atoms with Gasteiger partial charge in [0.15, 0.2) is 4.96 Å². The number of imidazole rings is 1. The maximum Gasteiger partial charge on any atom is 0.224 e. The van der Waals surface area contributed by atoms with E-state index in [4.69, 9.17) is 5.73 Å². The van der Waals surface area contributed by atoms with Crippen LogP contribution in [0.5, 0.6) is 0 Å². The molecule has 3 aromatic rings. The summed E-state index contributed by atoms with van der Waals surface area (Å²) < 4.78 is 2.00. The van der Waals surface area contributed by atoms with E-state index in [9.17, 15) is 4.79 Å². The summed E-state index contributed by atoms with van der Waals surface area (Å²) in [5, 5.41) is 2.00. The molecule has 1 amide bonds. The molecule has 2 aromatic heterocycles. The highest BCUT2D eigenvalue weighted by molar-refractivity contribution is 7.15. The van der Waals surface area contributed by atoms with Crippen LogP contribution in [0, 0.1) is 0 Å². The molecule has 1 atom stereocenters. The second-order valence-electron chi connectivity index (χ2n) is 4.47. The largest absolute Gasteiger partial charge is 0.369 e. The maximum absolute atomic E-state index is 11.1. The van der Waals surface area contributed by atoms with Crippen molar-refractivity contribution in [3.05, 3.63) is 47.6 Å². The Balaban J connectivity index is 1.94. The number of aromatic nitrogens is 2. The van der Waals surface area contributed by atoms with Crippen molar-refractivity contribution in [3.8, 4) is 11.3 Å². The minimum Gasteiger partial charge on any atom is -0.369 e. The fourth-order valence-corrected chi connectivity index (χ4v) is 2.67. The third kappa shape index (κ3) is 2.13. The number of rotatable bonds is 3. The van der Waals surface area contributed by atoms with E-state index in [-0.39, 0.29) is 11.8 Å². The normalized spacial score (nSPS) is 12.7. The van der Waals surface area contributed by atoms with Crippen molar-refractivity contribution in [3.63, 3.8) is 0 Å². The highest BCUT2D eigenvalue weighted by atomic mass is 32.1. The Morgan fingerprint density at radius 2 is 2.11 bits per heavy atom. The van der Waals surface area contributed by atoms with Crippen molar-refractivity contribution < 1.29 is 4.79 Å². The molecule has 96 valence electrons. The molecule has 0 aliphatic carbocycles. The van der Waals surface area contributed by atoms with E-state index in [1.807, 2.05) is 53.4 Å². The number of nitrogens with zero attached hydrogens (tertiary/aromatic N) is 2. The summed E-state index contributed by atoms with van der Waals surface area (Å²) in [6.45, 7) is 1.81. The molecule has 0 saturated carbocycles. The Morgan fingerprint density at radius 1 is 1.37 bits per heavy atom. The number of hydrogen-bond donors (Lipinski definition) is 1. The number of hydrogen-bond acceptors (Lipinski definition) is 3. The van der Waals surface area contributed by atoms with E-state index in [1.54, 1.807) is 11.3 Å². The zero-order chi connectivity index (χ0) is 13.4. The van der Waals surface area contributed by atoms with E-state index in [0.29, 0.717) is 0 Å². The van der Waals surface area contributed by atoms with Crippen LogP contribution in [0.2, 0.25) is 0 Å². The van der Waals surface area contributed by atoms with Gasteiger partial charge in [-0.15, -0.1) is 11.3 Å².